The molecule has 0 heterocycles. The standard InChI is InChI=1S/C32H42O7/c1-23(17-19-35-27-13-9-25(10-14-27)21-29(33)38-31(3,4)5)37-24(2)18-20-36-28-15-11-26(12-16-28)22-30(34)39-32(6,7)8/h9-16H,1-2,17-22H2,3-8H3. The lowest BCUT2D eigenvalue weighted by Gasteiger charge is -2.19. The molecule has 0 aliphatic rings. The normalized spacial score (nSPS) is 11.3. The Balaban J connectivity index is 1.63. The summed E-state index contributed by atoms with van der Waals surface area (Å²) in [5.74, 6) is 1.97. The second kappa shape index (κ2) is 14.4. The van der Waals surface area contributed by atoms with Gasteiger partial charge in [0, 0.05) is 12.8 Å². The number of esters is 2. The Labute approximate surface area is 232 Å². The Morgan fingerprint density at radius 3 is 1.26 bits per heavy atom. The van der Waals surface area contributed by atoms with Gasteiger partial charge in [0.25, 0.3) is 0 Å². The Bertz CT molecular complexity index is 1010. The second-order valence-electron chi connectivity index (χ2n) is 11.2. The third-order valence-electron chi connectivity index (χ3n) is 4.97. The monoisotopic (exact) mass is 538 g/mol. The topological polar surface area (TPSA) is 80.3 Å². The minimum absolute atomic E-state index is 0.216. The maximum atomic E-state index is 12.0. The molecule has 0 radical (unpaired) electrons. The lowest BCUT2D eigenvalue weighted by molar-refractivity contribution is -0.155. The van der Waals surface area contributed by atoms with Gasteiger partial charge in [-0.2, -0.15) is 0 Å². The van der Waals surface area contributed by atoms with Gasteiger partial charge in [0.2, 0.25) is 0 Å². The third-order valence-corrected chi connectivity index (χ3v) is 4.97. The minimum atomic E-state index is -0.499. The van der Waals surface area contributed by atoms with Crippen LogP contribution < -0.4 is 9.47 Å². The van der Waals surface area contributed by atoms with Crippen LogP contribution in [0.15, 0.2) is 73.2 Å². The summed E-state index contributed by atoms with van der Waals surface area (Å²) in [4.78, 5) is 23.9. The molecule has 7 heteroatoms. The molecule has 0 fully saturated rings. The van der Waals surface area contributed by atoms with Crippen molar-refractivity contribution in [1.82, 2.24) is 0 Å². The van der Waals surface area contributed by atoms with Crippen LogP contribution in [0.3, 0.4) is 0 Å². The van der Waals surface area contributed by atoms with Gasteiger partial charge in [-0.05, 0) is 76.9 Å². The first-order valence-electron chi connectivity index (χ1n) is 13.1. The molecule has 0 bridgehead atoms. The number of hydrogen-bond acceptors (Lipinski definition) is 7. The van der Waals surface area contributed by atoms with Crippen LogP contribution in [0.4, 0.5) is 0 Å². The fourth-order valence-electron chi connectivity index (χ4n) is 3.37. The van der Waals surface area contributed by atoms with E-state index in [9.17, 15) is 9.59 Å². The number of carbonyl (C=O) groups is 2. The van der Waals surface area contributed by atoms with Gasteiger partial charge in [-0.3, -0.25) is 9.59 Å². The zero-order chi connectivity index (χ0) is 29.1. The molecule has 0 aliphatic carbocycles. The van der Waals surface area contributed by atoms with Crippen molar-refractivity contribution >= 4 is 11.9 Å². The second-order valence-corrected chi connectivity index (χ2v) is 11.2. The number of ether oxygens (including phenoxy) is 5. The molecule has 0 saturated heterocycles. The SMILES string of the molecule is C=C(CCOc1ccc(CC(=O)OC(C)(C)C)cc1)OC(=C)CCOc1ccc(CC(=O)OC(C)(C)C)cc1. The lowest BCUT2D eigenvalue weighted by atomic mass is 10.1. The molecule has 2 rings (SSSR count). The number of rotatable bonds is 14. The molecular formula is C32H42O7. The molecular weight excluding hydrogens is 496 g/mol. The van der Waals surface area contributed by atoms with E-state index in [1.54, 1.807) is 0 Å². The third kappa shape index (κ3) is 14.1. The van der Waals surface area contributed by atoms with E-state index in [0.717, 1.165) is 11.1 Å². The van der Waals surface area contributed by atoms with Crippen LogP contribution in [0.1, 0.15) is 65.5 Å². The summed E-state index contributed by atoms with van der Waals surface area (Å²) in [5, 5.41) is 0. The minimum Gasteiger partial charge on any atom is -0.493 e. The first-order valence-corrected chi connectivity index (χ1v) is 13.1. The summed E-state index contributed by atoms with van der Waals surface area (Å²) in [6.07, 6.45) is 1.43. The van der Waals surface area contributed by atoms with E-state index in [-0.39, 0.29) is 24.8 Å². The van der Waals surface area contributed by atoms with Crippen LogP contribution >= 0.6 is 0 Å². The number of carbonyl (C=O) groups excluding carboxylic acids is 2. The molecule has 39 heavy (non-hydrogen) atoms. The Kier molecular flexibility index (Phi) is 11.6. The lowest BCUT2D eigenvalue weighted by Crippen LogP contribution is -2.24. The molecule has 0 N–H and O–H groups in total. The molecule has 0 atom stereocenters. The smallest absolute Gasteiger partial charge is 0.310 e. The molecule has 0 unspecified atom stereocenters. The van der Waals surface area contributed by atoms with Gasteiger partial charge in [-0.1, -0.05) is 37.4 Å². The predicted octanol–water partition coefficient (Wildman–Crippen LogP) is 6.74. The average Bonchev–Trinajstić information content (AvgIpc) is 2.79. The predicted molar refractivity (Wildman–Crippen MR) is 152 cm³/mol. The van der Waals surface area contributed by atoms with E-state index >= 15 is 0 Å². The molecule has 2 aromatic rings. The molecule has 0 amide bonds. The number of benzene rings is 2. The number of hydrogen-bond donors (Lipinski definition) is 0. The Morgan fingerprint density at radius 1 is 0.615 bits per heavy atom. The molecule has 0 aliphatic heterocycles. The molecule has 7 nitrogen and oxygen atoms in total. The van der Waals surface area contributed by atoms with Gasteiger partial charge >= 0.3 is 11.9 Å². The summed E-state index contributed by atoms with van der Waals surface area (Å²) in [6.45, 7) is 19.7. The highest BCUT2D eigenvalue weighted by Crippen LogP contribution is 2.18. The zero-order valence-corrected chi connectivity index (χ0v) is 24.1. The van der Waals surface area contributed by atoms with E-state index in [4.69, 9.17) is 23.7 Å². The zero-order valence-electron chi connectivity index (χ0n) is 24.1. The highest BCUT2D eigenvalue weighted by atomic mass is 16.6. The molecule has 2 aromatic carbocycles. The van der Waals surface area contributed by atoms with Crippen molar-refractivity contribution in [2.75, 3.05) is 13.2 Å². The van der Waals surface area contributed by atoms with Crippen LogP contribution in [0.5, 0.6) is 11.5 Å². The first kappa shape index (κ1) is 31.5. The van der Waals surface area contributed by atoms with Gasteiger partial charge < -0.3 is 23.7 Å². The van der Waals surface area contributed by atoms with Crippen LogP contribution in [0.25, 0.3) is 0 Å². The van der Waals surface area contributed by atoms with E-state index < -0.39 is 11.2 Å². The summed E-state index contributed by atoms with van der Waals surface area (Å²) in [7, 11) is 0. The summed E-state index contributed by atoms with van der Waals surface area (Å²) >= 11 is 0. The molecule has 0 saturated carbocycles. The van der Waals surface area contributed by atoms with Crippen LogP contribution in [-0.4, -0.2) is 36.4 Å². The molecule has 212 valence electrons. The van der Waals surface area contributed by atoms with Gasteiger partial charge in [-0.25, -0.2) is 0 Å². The van der Waals surface area contributed by atoms with Crippen LogP contribution in [-0.2, 0) is 36.6 Å². The summed E-state index contributed by atoms with van der Waals surface area (Å²) in [5.41, 5.74) is 0.723. The first-order chi connectivity index (χ1) is 18.2. The van der Waals surface area contributed by atoms with Crippen molar-refractivity contribution < 1.29 is 33.3 Å². The van der Waals surface area contributed by atoms with Gasteiger partial charge in [-0.15, -0.1) is 0 Å². The van der Waals surface area contributed by atoms with Crippen molar-refractivity contribution in [3.63, 3.8) is 0 Å². The van der Waals surface area contributed by atoms with E-state index in [1.807, 2.05) is 90.1 Å². The van der Waals surface area contributed by atoms with Crippen molar-refractivity contribution in [3.05, 3.63) is 84.3 Å². The Morgan fingerprint density at radius 2 is 0.949 bits per heavy atom. The van der Waals surface area contributed by atoms with Gasteiger partial charge in [0.15, 0.2) is 0 Å². The fourth-order valence-corrected chi connectivity index (χ4v) is 3.37. The van der Waals surface area contributed by atoms with E-state index in [1.165, 1.54) is 0 Å². The largest absolute Gasteiger partial charge is 0.493 e. The van der Waals surface area contributed by atoms with Crippen molar-refractivity contribution in [2.24, 2.45) is 0 Å². The quantitative estimate of drug-likeness (QED) is 0.195. The maximum absolute atomic E-state index is 12.0. The van der Waals surface area contributed by atoms with E-state index in [0.29, 0.717) is 49.1 Å². The maximum Gasteiger partial charge on any atom is 0.310 e. The van der Waals surface area contributed by atoms with Gasteiger partial charge in [0.1, 0.15) is 22.7 Å². The van der Waals surface area contributed by atoms with Crippen LogP contribution in [0.2, 0.25) is 0 Å². The van der Waals surface area contributed by atoms with E-state index in [2.05, 4.69) is 13.2 Å². The van der Waals surface area contributed by atoms with Crippen LogP contribution in [0, 0.1) is 0 Å². The van der Waals surface area contributed by atoms with Crippen molar-refractivity contribution in [3.8, 4) is 11.5 Å². The fraction of sp³-hybridized carbons (Fsp3) is 0.438. The highest BCUT2D eigenvalue weighted by molar-refractivity contribution is 5.73. The Hall–Kier alpha value is -3.74. The molecule has 0 spiro atoms. The molecule has 0 aromatic heterocycles. The highest BCUT2D eigenvalue weighted by Gasteiger charge is 2.17. The van der Waals surface area contributed by atoms with Crippen molar-refractivity contribution in [1.29, 1.82) is 0 Å². The van der Waals surface area contributed by atoms with Gasteiger partial charge in [0.05, 0.1) is 37.6 Å². The average molecular weight is 539 g/mol. The summed E-state index contributed by atoms with van der Waals surface area (Å²) < 4.78 is 27.9. The van der Waals surface area contributed by atoms with Crippen molar-refractivity contribution in [2.45, 2.75) is 78.4 Å². The summed E-state index contributed by atoms with van der Waals surface area (Å²) in [6, 6.07) is 14.7.